The van der Waals surface area contributed by atoms with Crippen LogP contribution in [0.1, 0.15) is 13.8 Å². The Bertz CT molecular complexity index is 214. The molecule has 3 nitrogen and oxygen atoms in total. The van der Waals surface area contributed by atoms with Gasteiger partial charge in [0.25, 0.3) is 0 Å². The smallest absolute Gasteiger partial charge is 0.324 e. The molecule has 0 aromatic carbocycles. The minimum absolute atomic E-state index is 0.202. The minimum Gasteiger partial charge on any atom is -0.324 e. The molecular formula is C7H11F3N2O. The summed E-state index contributed by atoms with van der Waals surface area (Å²) in [5.41, 5.74) is 0. The third-order valence-corrected chi connectivity index (χ3v) is 1.96. The summed E-state index contributed by atoms with van der Waals surface area (Å²) in [7, 11) is 0. The highest BCUT2D eigenvalue weighted by atomic mass is 19.4. The van der Waals surface area contributed by atoms with E-state index in [0.29, 0.717) is 0 Å². The van der Waals surface area contributed by atoms with E-state index in [2.05, 4.69) is 0 Å². The van der Waals surface area contributed by atoms with Crippen molar-refractivity contribution in [3.63, 3.8) is 0 Å². The average molecular weight is 196 g/mol. The van der Waals surface area contributed by atoms with E-state index in [1.54, 1.807) is 13.8 Å². The predicted octanol–water partition coefficient (Wildman–Crippen LogP) is 1.35. The van der Waals surface area contributed by atoms with Crippen LogP contribution >= 0.6 is 0 Å². The van der Waals surface area contributed by atoms with Gasteiger partial charge in [-0.25, -0.2) is 4.79 Å². The summed E-state index contributed by atoms with van der Waals surface area (Å²) in [4.78, 5) is 12.2. The topological polar surface area (TPSA) is 32.3 Å². The standard InChI is InChI=1S/C7H11F3N2O/c1-4(2)12-3-5(7(8,9)10)11-6(12)13/h4-5H,3H2,1-2H3,(H,11,13)/t5-/m0/s1. The summed E-state index contributed by atoms with van der Waals surface area (Å²) in [6.07, 6.45) is -4.35. The van der Waals surface area contributed by atoms with Crippen LogP contribution in [0.25, 0.3) is 0 Å². The second-order valence-corrected chi connectivity index (χ2v) is 3.29. The van der Waals surface area contributed by atoms with Crippen molar-refractivity contribution < 1.29 is 18.0 Å². The normalized spacial score (nSPS) is 24.0. The Kier molecular flexibility index (Phi) is 2.40. The fourth-order valence-corrected chi connectivity index (χ4v) is 1.19. The first-order valence-electron chi connectivity index (χ1n) is 3.96. The molecule has 0 aromatic rings. The van der Waals surface area contributed by atoms with Gasteiger partial charge in [-0.3, -0.25) is 0 Å². The Morgan fingerprint density at radius 2 is 2.08 bits per heavy atom. The number of alkyl halides is 3. The number of carbonyl (C=O) groups excluding carboxylic acids is 1. The lowest BCUT2D eigenvalue weighted by molar-refractivity contribution is -0.150. The van der Waals surface area contributed by atoms with Crippen LogP contribution < -0.4 is 5.32 Å². The van der Waals surface area contributed by atoms with Crippen LogP contribution in [-0.2, 0) is 0 Å². The molecule has 0 bridgehead atoms. The molecule has 0 aromatic heterocycles. The number of amides is 2. The molecule has 0 spiro atoms. The van der Waals surface area contributed by atoms with Gasteiger partial charge in [-0.15, -0.1) is 0 Å². The van der Waals surface area contributed by atoms with Crippen molar-refractivity contribution in [1.29, 1.82) is 0 Å². The van der Waals surface area contributed by atoms with E-state index in [0.717, 1.165) is 4.90 Å². The van der Waals surface area contributed by atoms with Gasteiger partial charge in [-0.1, -0.05) is 0 Å². The van der Waals surface area contributed by atoms with Gasteiger partial charge in [0, 0.05) is 6.04 Å². The Morgan fingerprint density at radius 3 is 2.31 bits per heavy atom. The molecule has 1 heterocycles. The minimum atomic E-state index is -4.35. The van der Waals surface area contributed by atoms with E-state index < -0.39 is 18.2 Å². The van der Waals surface area contributed by atoms with E-state index in [1.807, 2.05) is 5.32 Å². The molecule has 1 N–H and O–H groups in total. The van der Waals surface area contributed by atoms with Crippen molar-refractivity contribution in [3.8, 4) is 0 Å². The Morgan fingerprint density at radius 1 is 1.54 bits per heavy atom. The highest BCUT2D eigenvalue weighted by Crippen LogP contribution is 2.24. The molecule has 1 fully saturated rings. The quantitative estimate of drug-likeness (QED) is 0.674. The average Bonchev–Trinajstić information content (AvgIpc) is 2.29. The zero-order valence-electron chi connectivity index (χ0n) is 7.35. The molecule has 1 aliphatic heterocycles. The lowest BCUT2D eigenvalue weighted by atomic mass is 10.3. The van der Waals surface area contributed by atoms with Crippen molar-refractivity contribution in [2.75, 3.05) is 6.54 Å². The maximum atomic E-state index is 12.1. The lowest BCUT2D eigenvalue weighted by Crippen LogP contribution is -2.40. The van der Waals surface area contributed by atoms with Crippen LogP contribution in [0.5, 0.6) is 0 Å². The van der Waals surface area contributed by atoms with Crippen LogP contribution in [0.3, 0.4) is 0 Å². The molecule has 2 amide bonds. The first-order valence-corrected chi connectivity index (χ1v) is 3.96. The first-order chi connectivity index (χ1) is 5.82. The number of nitrogens with one attached hydrogen (secondary N) is 1. The molecule has 0 aliphatic carbocycles. The molecule has 13 heavy (non-hydrogen) atoms. The zero-order chi connectivity index (χ0) is 10.2. The van der Waals surface area contributed by atoms with Crippen LogP contribution in [-0.4, -0.2) is 35.7 Å². The van der Waals surface area contributed by atoms with Gasteiger partial charge >= 0.3 is 12.2 Å². The van der Waals surface area contributed by atoms with Gasteiger partial charge in [-0.05, 0) is 13.8 Å². The maximum absolute atomic E-state index is 12.1. The van der Waals surface area contributed by atoms with E-state index in [1.165, 1.54) is 0 Å². The van der Waals surface area contributed by atoms with E-state index in [-0.39, 0.29) is 12.6 Å². The highest BCUT2D eigenvalue weighted by Gasteiger charge is 2.47. The van der Waals surface area contributed by atoms with Gasteiger partial charge < -0.3 is 10.2 Å². The summed E-state index contributed by atoms with van der Waals surface area (Å²) < 4.78 is 36.4. The molecule has 0 radical (unpaired) electrons. The number of urea groups is 1. The SMILES string of the molecule is CC(C)N1C[C@@H](C(F)(F)F)NC1=O. The molecule has 1 rings (SSSR count). The fourth-order valence-electron chi connectivity index (χ4n) is 1.19. The fraction of sp³-hybridized carbons (Fsp3) is 0.857. The molecule has 0 unspecified atom stereocenters. The molecule has 1 atom stereocenters. The van der Waals surface area contributed by atoms with E-state index >= 15 is 0 Å². The summed E-state index contributed by atoms with van der Waals surface area (Å²) in [6, 6.07) is -2.56. The van der Waals surface area contributed by atoms with Gasteiger partial charge in [0.05, 0.1) is 6.54 Å². The van der Waals surface area contributed by atoms with Gasteiger partial charge in [0.15, 0.2) is 0 Å². The third kappa shape index (κ3) is 2.05. The number of hydrogen-bond donors (Lipinski definition) is 1. The number of rotatable bonds is 1. The maximum Gasteiger partial charge on any atom is 0.410 e. The molecule has 6 heteroatoms. The molecule has 76 valence electrons. The number of halogens is 3. The second kappa shape index (κ2) is 3.08. The van der Waals surface area contributed by atoms with Gasteiger partial charge in [0.1, 0.15) is 6.04 Å². The summed E-state index contributed by atoms with van der Waals surface area (Å²) >= 11 is 0. The Labute approximate surface area is 73.9 Å². The molecular weight excluding hydrogens is 185 g/mol. The van der Waals surface area contributed by atoms with Crippen LogP contribution in [0.4, 0.5) is 18.0 Å². The lowest BCUT2D eigenvalue weighted by Gasteiger charge is -2.19. The molecule has 1 saturated heterocycles. The monoisotopic (exact) mass is 196 g/mol. The van der Waals surface area contributed by atoms with Gasteiger partial charge in [0.2, 0.25) is 0 Å². The van der Waals surface area contributed by atoms with Crippen molar-refractivity contribution >= 4 is 6.03 Å². The van der Waals surface area contributed by atoms with Crippen LogP contribution in [0.15, 0.2) is 0 Å². The van der Waals surface area contributed by atoms with Crippen molar-refractivity contribution in [1.82, 2.24) is 10.2 Å². The second-order valence-electron chi connectivity index (χ2n) is 3.29. The summed E-state index contributed by atoms with van der Waals surface area (Å²) in [5, 5.41) is 1.89. The summed E-state index contributed by atoms with van der Waals surface area (Å²) in [6.45, 7) is 3.07. The number of hydrogen-bond acceptors (Lipinski definition) is 1. The first kappa shape index (κ1) is 10.1. The molecule has 0 saturated carbocycles. The Hall–Kier alpha value is -0.940. The predicted molar refractivity (Wildman–Crippen MR) is 40.2 cm³/mol. The van der Waals surface area contributed by atoms with Crippen molar-refractivity contribution in [2.24, 2.45) is 0 Å². The van der Waals surface area contributed by atoms with Crippen LogP contribution in [0, 0.1) is 0 Å². The van der Waals surface area contributed by atoms with Crippen LogP contribution in [0.2, 0.25) is 0 Å². The van der Waals surface area contributed by atoms with Crippen molar-refractivity contribution in [2.45, 2.75) is 32.1 Å². The largest absolute Gasteiger partial charge is 0.410 e. The number of carbonyl (C=O) groups is 1. The van der Waals surface area contributed by atoms with E-state index in [9.17, 15) is 18.0 Å². The van der Waals surface area contributed by atoms with Crippen molar-refractivity contribution in [3.05, 3.63) is 0 Å². The Balaban J connectivity index is 2.66. The van der Waals surface area contributed by atoms with E-state index in [4.69, 9.17) is 0 Å². The van der Waals surface area contributed by atoms with Gasteiger partial charge in [-0.2, -0.15) is 13.2 Å². The highest BCUT2D eigenvalue weighted by molar-refractivity contribution is 5.77. The molecule has 1 aliphatic rings. The summed E-state index contributed by atoms with van der Waals surface area (Å²) in [5.74, 6) is 0. The number of nitrogens with zero attached hydrogens (tertiary/aromatic N) is 1. The zero-order valence-corrected chi connectivity index (χ0v) is 7.35. The third-order valence-electron chi connectivity index (χ3n) is 1.96.